The molecule has 0 fully saturated rings. The summed E-state index contributed by atoms with van der Waals surface area (Å²) < 4.78 is 39.9. The fourth-order valence-electron chi connectivity index (χ4n) is 1.47. The van der Waals surface area contributed by atoms with Gasteiger partial charge in [0.15, 0.2) is 0 Å². The predicted octanol–water partition coefficient (Wildman–Crippen LogP) is 2.51. The second kappa shape index (κ2) is 6.42. The second-order valence-corrected chi connectivity index (χ2v) is 3.91. The van der Waals surface area contributed by atoms with Crippen molar-refractivity contribution in [1.82, 2.24) is 0 Å². The van der Waals surface area contributed by atoms with Crippen molar-refractivity contribution in [1.29, 1.82) is 0 Å². The summed E-state index contributed by atoms with van der Waals surface area (Å²) in [6, 6.07) is 5.10. The first-order chi connectivity index (χ1) is 8.85. The lowest BCUT2D eigenvalue weighted by Gasteiger charge is -2.14. The lowest BCUT2D eigenvalue weighted by Crippen LogP contribution is -2.28. The van der Waals surface area contributed by atoms with Gasteiger partial charge in [0, 0.05) is 18.3 Å². The number of hydrogen-bond acceptors (Lipinski definition) is 3. The van der Waals surface area contributed by atoms with E-state index in [1.165, 1.54) is 12.1 Å². The van der Waals surface area contributed by atoms with Crippen LogP contribution >= 0.6 is 0 Å². The quantitative estimate of drug-likeness (QED) is 0.868. The first-order valence-electron chi connectivity index (χ1n) is 5.72. The number of amides is 1. The van der Waals surface area contributed by atoms with Crippen molar-refractivity contribution in [3.8, 4) is 5.75 Å². The molecule has 0 aliphatic carbocycles. The molecule has 7 heteroatoms. The monoisotopic (exact) mass is 276 g/mol. The number of nitrogens with two attached hydrogens (primary N) is 1. The molecule has 106 valence electrons. The summed E-state index contributed by atoms with van der Waals surface area (Å²) in [7, 11) is 0. The van der Waals surface area contributed by atoms with Crippen LogP contribution in [-0.2, 0) is 4.79 Å². The highest BCUT2D eigenvalue weighted by atomic mass is 19.4. The summed E-state index contributed by atoms with van der Waals surface area (Å²) in [5.74, 6) is -1.08. The van der Waals surface area contributed by atoms with Crippen molar-refractivity contribution < 1.29 is 22.7 Å². The minimum atomic E-state index is -4.76. The number of hydrogen-bond donors (Lipinski definition) is 2. The van der Waals surface area contributed by atoms with E-state index in [1.54, 1.807) is 6.92 Å². The summed E-state index contributed by atoms with van der Waals surface area (Å²) in [6.45, 7) is 1.99. The van der Waals surface area contributed by atoms with Crippen LogP contribution in [0.5, 0.6) is 5.75 Å². The number of anilines is 1. The van der Waals surface area contributed by atoms with Crippen molar-refractivity contribution in [3.05, 3.63) is 24.3 Å². The Hall–Kier alpha value is -1.76. The maximum atomic E-state index is 12.0. The van der Waals surface area contributed by atoms with Gasteiger partial charge in [-0.3, -0.25) is 4.79 Å². The van der Waals surface area contributed by atoms with E-state index in [-0.39, 0.29) is 29.8 Å². The highest BCUT2D eigenvalue weighted by Gasteiger charge is 2.31. The minimum absolute atomic E-state index is 0.182. The number of alkyl halides is 3. The maximum absolute atomic E-state index is 12.0. The smallest absolute Gasteiger partial charge is 0.406 e. The van der Waals surface area contributed by atoms with Gasteiger partial charge in [-0.2, -0.15) is 0 Å². The Morgan fingerprint density at radius 3 is 2.68 bits per heavy atom. The Bertz CT molecular complexity index is 431. The van der Waals surface area contributed by atoms with Gasteiger partial charge in [0.2, 0.25) is 5.91 Å². The zero-order chi connectivity index (χ0) is 14.5. The molecule has 1 aromatic carbocycles. The van der Waals surface area contributed by atoms with E-state index in [0.29, 0.717) is 6.42 Å². The van der Waals surface area contributed by atoms with Crippen molar-refractivity contribution in [2.75, 3.05) is 11.9 Å². The SMILES string of the molecule is CCC(CN)C(=O)Nc1cccc(OC(F)(F)F)c1. The zero-order valence-electron chi connectivity index (χ0n) is 10.3. The molecule has 0 saturated heterocycles. The standard InChI is InChI=1S/C12H15F3N2O2/c1-2-8(7-16)11(18)17-9-4-3-5-10(6-9)19-12(13,14)15/h3-6,8H,2,7,16H2,1H3,(H,17,18). The first-order valence-corrected chi connectivity index (χ1v) is 5.72. The molecule has 1 amide bonds. The van der Waals surface area contributed by atoms with Crippen LogP contribution in [0.2, 0.25) is 0 Å². The van der Waals surface area contributed by atoms with Gasteiger partial charge in [-0.1, -0.05) is 13.0 Å². The average Bonchev–Trinajstić information content (AvgIpc) is 2.28. The molecule has 0 aliphatic heterocycles. The van der Waals surface area contributed by atoms with E-state index >= 15 is 0 Å². The number of benzene rings is 1. The Kier molecular flexibility index (Phi) is 5.17. The molecule has 1 aromatic rings. The fourth-order valence-corrected chi connectivity index (χ4v) is 1.47. The molecule has 0 saturated carbocycles. The molecular weight excluding hydrogens is 261 g/mol. The predicted molar refractivity (Wildman–Crippen MR) is 64.6 cm³/mol. The Labute approximate surface area is 108 Å². The van der Waals surface area contributed by atoms with E-state index in [1.807, 2.05) is 0 Å². The summed E-state index contributed by atoms with van der Waals surface area (Å²) in [5.41, 5.74) is 5.65. The van der Waals surface area contributed by atoms with Gasteiger partial charge >= 0.3 is 6.36 Å². The van der Waals surface area contributed by atoms with Gasteiger partial charge in [0.25, 0.3) is 0 Å². The van der Waals surface area contributed by atoms with Gasteiger partial charge in [0.1, 0.15) is 5.75 Å². The summed E-state index contributed by atoms with van der Waals surface area (Å²) in [6.07, 6.45) is -4.20. The molecule has 0 aromatic heterocycles. The molecule has 19 heavy (non-hydrogen) atoms. The molecule has 1 unspecified atom stereocenters. The Morgan fingerprint density at radius 2 is 2.16 bits per heavy atom. The highest BCUT2D eigenvalue weighted by molar-refractivity contribution is 5.92. The summed E-state index contributed by atoms with van der Waals surface area (Å²) in [4.78, 5) is 11.7. The molecule has 1 rings (SSSR count). The van der Waals surface area contributed by atoms with Gasteiger partial charge in [-0.15, -0.1) is 13.2 Å². The molecule has 0 aliphatic rings. The first kappa shape index (κ1) is 15.3. The summed E-state index contributed by atoms with van der Waals surface area (Å²) >= 11 is 0. The second-order valence-electron chi connectivity index (χ2n) is 3.91. The molecule has 0 radical (unpaired) electrons. The van der Waals surface area contributed by atoms with Crippen LogP contribution in [0, 0.1) is 5.92 Å². The fraction of sp³-hybridized carbons (Fsp3) is 0.417. The molecule has 3 N–H and O–H groups in total. The minimum Gasteiger partial charge on any atom is -0.406 e. The van der Waals surface area contributed by atoms with Crippen LogP contribution in [0.15, 0.2) is 24.3 Å². The van der Waals surface area contributed by atoms with E-state index in [2.05, 4.69) is 10.1 Å². The Balaban J connectivity index is 2.74. The number of carbonyl (C=O) groups is 1. The van der Waals surface area contributed by atoms with Crippen LogP contribution in [0.4, 0.5) is 18.9 Å². The van der Waals surface area contributed by atoms with Crippen LogP contribution in [0.1, 0.15) is 13.3 Å². The van der Waals surface area contributed by atoms with Gasteiger partial charge in [0.05, 0.1) is 5.92 Å². The van der Waals surface area contributed by atoms with Crippen LogP contribution in [0.3, 0.4) is 0 Å². The van der Waals surface area contributed by atoms with E-state index in [0.717, 1.165) is 12.1 Å². The van der Waals surface area contributed by atoms with Crippen molar-refractivity contribution in [2.24, 2.45) is 11.7 Å². The molecule has 4 nitrogen and oxygen atoms in total. The third kappa shape index (κ3) is 5.17. The van der Waals surface area contributed by atoms with Crippen LogP contribution < -0.4 is 15.8 Å². The molecular formula is C12H15F3N2O2. The van der Waals surface area contributed by atoms with E-state index in [9.17, 15) is 18.0 Å². The molecule has 0 spiro atoms. The number of halogens is 3. The summed E-state index contributed by atoms with van der Waals surface area (Å²) in [5, 5.41) is 2.50. The lowest BCUT2D eigenvalue weighted by atomic mass is 10.1. The van der Waals surface area contributed by atoms with Crippen molar-refractivity contribution in [2.45, 2.75) is 19.7 Å². The van der Waals surface area contributed by atoms with E-state index < -0.39 is 6.36 Å². The number of rotatable bonds is 5. The molecule has 1 atom stereocenters. The van der Waals surface area contributed by atoms with Crippen LogP contribution in [0.25, 0.3) is 0 Å². The van der Waals surface area contributed by atoms with Crippen molar-refractivity contribution in [3.63, 3.8) is 0 Å². The number of nitrogens with one attached hydrogen (secondary N) is 1. The third-order valence-corrected chi connectivity index (χ3v) is 2.48. The zero-order valence-corrected chi connectivity index (χ0v) is 10.3. The van der Waals surface area contributed by atoms with E-state index in [4.69, 9.17) is 5.73 Å². The third-order valence-electron chi connectivity index (χ3n) is 2.48. The highest BCUT2D eigenvalue weighted by Crippen LogP contribution is 2.25. The van der Waals surface area contributed by atoms with Crippen molar-refractivity contribution >= 4 is 11.6 Å². The lowest BCUT2D eigenvalue weighted by molar-refractivity contribution is -0.274. The van der Waals surface area contributed by atoms with Crippen LogP contribution in [-0.4, -0.2) is 18.8 Å². The van der Waals surface area contributed by atoms with Gasteiger partial charge in [-0.25, -0.2) is 0 Å². The van der Waals surface area contributed by atoms with Gasteiger partial charge < -0.3 is 15.8 Å². The maximum Gasteiger partial charge on any atom is 0.573 e. The normalized spacial score (nSPS) is 12.9. The average molecular weight is 276 g/mol. The molecule has 0 heterocycles. The number of carbonyl (C=O) groups excluding carboxylic acids is 1. The Morgan fingerprint density at radius 1 is 1.47 bits per heavy atom. The number of ether oxygens (including phenoxy) is 1. The largest absolute Gasteiger partial charge is 0.573 e. The molecule has 0 bridgehead atoms. The van der Waals surface area contributed by atoms with Gasteiger partial charge in [-0.05, 0) is 18.6 Å². The topological polar surface area (TPSA) is 64.4 Å².